The molecule has 0 atom stereocenters. The highest BCUT2D eigenvalue weighted by Gasteiger charge is 2.44. The Labute approximate surface area is 457 Å². The molecule has 6 nitrogen and oxygen atoms in total. The smallest absolute Gasteiger partial charge is 0.209 e. The van der Waals surface area contributed by atoms with Crippen molar-refractivity contribution in [1.82, 2.24) is 0 Å². The Hall–Kier alpha value is -3.00. The zero-order valence-corrected chi connectivity index (χ0v) is 49.2. The molecule has 0 spiro atoms. The van der Waals surface area contributed by atoms with Gasteiger partial charge in [-0.15, -0.1) is 10.2 Å². The SMILES string of the molecule is CCCCCCCCCCCCCCCCCCCCN1/C(=C/C=C/C=C/C=C/C2=[N+](CCCCCCCCCCCCCCCCCCCC)c3ccccc3C2(C)C)C(C)(C)c2ccccc21.[O-][Cl+3]([O-])([O-])[O-]. The molecule has 418 valence electrons. The van der Waals surface area contributed by atoms with E-state index in [4.69, 9.17) is 18.6 Å². The maximum Gasteiger partial charge on any atom is 0.209 e. The Kier molecular flexibility index (Phi) is 34.7. The van der Waals surface area contributed by atoms with E-state index in [1.807, 2.05) is 0 Å². The maximum absolute atomic E-state index is 8.49. The number of allylic oxidation sites excluding steroid dienone is 8. The van der Waals surface area contributed by atoms with Crippen molar-refractivity contribution >= 4 is 17.1 Å². The van der Waals surface area contributed by atoms with Gasteiger partial charge in [0.1, 0.15) is 6.54 Å². The van der Waals surface area contributed by atoms with E-state index in [9.17, 15) is 0 Å². The van der Waals surface area contributed by atoms with Gasteiger partial charge in [-0.1, -0.05) is 306 Å². The molecule has 2 aliphatic heterocycles. The molecule has 0 bridgehead atoms. The van der Waals surface area contributed by atoms with E-state index in [2.05, 4.69) is 142 Å². The van der Waals surface area contributed by atoms with Crippen molar-refractivity contribution in [3.05, 3.63) is 108 Å². The number of rotatable bonds is 42. The summed E-state index contributed by atoms with van der Waals surface area (Å²) in [6.07, 6.45) is 67.0. The van der Waals surface area contributed by atoms with Gasteiger partial charge in [-0.25, -0.2) is 18.6 Å². The van der Waals surface area contributed by atoms with Gasteiger partial charge in [0.15, 0.2) is 5.71 Å². The van der Waals surface area contributed by atoms with Gasteiger partial charge >= 0.3 is 0 Å². The summed E-state index contributed by atoms with van der Waals surface area (Å²) < 4.78 is 36.6. The summed E-state index contributed by atoms with van der Waals surface area (Å²) in [6, 6.07) is 18.2. The lowest BCUT2D eigenvalue weighted by molar-refractivity contribution is -2.00. The van der Waals surface area contributed by atoms with Gasteiger partial charge in [0.2, 0.25) is 5.69 Å². The molecule has 0 saturated carbocycles. The predicted octanol–water partition coefficient (Wildman–Crippen LogP) is 16.7. The average Bonchev–Trinajstić information content (AvgIpc) is 3.72. The largest absolute Gasteiger partial charge is 0.344 e. The second kappa shape index (κ2) is 39.4. The lowest BCUT2D eigenvalue weighted by Crippen LogP contribution is -2.68. The zero-order chi connectivity index (χ0) is 53.6. The number of nitrogens with zero attached hydrogens (tertiary/aromatic N) is 2. The highest BCUT2D eigenvalue weighted by Crippen LogP contribution is 2.48. The summed E-state index contributed by atoms with van der Waals surface area (Å²) in [7, 11) is -4.94. The summed E-state index contributed by atoms with van der Waals surface area (Å²) >= 11 is 0. The van der Waals surface area contributed by atoms with Gasteiger partial charge in [-0.2, -0.15) is 4.58 Å². The minimum absolute atomic E-state index is 0.00604. The Balaban J connectivity index is 0.00000275. The van der Waals surface area contributed by atoms with E-state index in [0.29, 0.717) is 0 Å². The number of unbranched alkanes of at least 4 members (excludes halogenated alkanes) is 34. The highest BCUT2D eigenvalue weighted by molar-refractivity contribution is 6.03. The number of fused-ring (bicyclic) bond motifs is 2. The monoisotopic (exact) mass is 1040 g/mol. The molecular formula is C67H109ClN2O4. The van der Waals surface area contributed by atoms with Crippen molar-refractivity contribution in [2.45, 2.75) is 284 Å². The summed E-state index contributed by atoms with van der Waals surface area (Å²) in [5.74, 6) is 0. The Morgan fingerprint density at radius 1 is 0.419 bits per heavy atom. The van der Waals surface area contributed by atoms with Crippen LogP contribution in [0.1, 0.15) is 284 Å². The highest BCUT2D eigenvalue weighted by atomic mass is 35.7. The van der Waals surface area contributed by atoms with Crippen LogP contribution in [-0.2, 0) is 10.8 Å². The third-order valence-corrected chi connectivity index (χ3v) is 16.0. The first kappa shape index (κ1) is 65.3. The lowest BCUT2D eigenvalue weighted by atomic mass is 9.81. The van der Waals surface area contributed by atoms with Crippen LogP contribution in [0.25, 0.3) is 0 Å². The van der Waals surface area contributed by atoms with E-state index >= 15 is 0 Å². The first-order valence-corrected chi connectivity index (χ1v) is 32.0. The van der Waals surface area contributed by atoms with Crippen LogP contribution in [-0.4, -0.2) is 23.4 Å². The molecular weight excluding hydrogens is 932 g/mol. The zero-order valence-electron chi connectivity index (χ0n) is 48.4. The molecule has 0 unspecified atom stereocenters. The predicted molar refractivity (Wildman–Crippen MR) is 309 cm³/mol. The minimum Gasteiger partial charge on any atom is -0.344 e. The van der Waals surface area contributed by atoms with Crippen LogP contribution in [0.4, 0.5) is 11.4 Å². The van der Waals surface area contributed by atoms with Crippen LogP contribution < -0.4 is 23.5 Å². The van der Waals surface area contributed by atoms with Crippen LogP contribution >= 0.6 is 0 Å². The van der Waals surface area contributed by atoms with Crippen LogP contribution in [0.5, 0.6) is 0 Å². The van der Waals surface area contributed by atoms with Gasteiger partial charge < -0.3 is 4.90 Å². The number of halogens is 1. The normalized spacial score (nSPS) is 15.6. The number of benzene rings is 2. The maximum atomic E-state index is 8.49. The summed E-state index contributed by atoms with van der Waals surface area (Å²) in [5.41, 5.74) is 8.55. The Morgan fingerprint density at radius 2 is 0.770 bits per heavy atom. The quantitative estimate of drug-likeness (QED) is 0.0375. The number of para-hydroxylation sites is 2. The van der Waals surface area contributed by atoms with E-state index in [0.717, 1.165) is 13.1 Å². The molecule has 0 amide bonds. The summed E-state index contributed by atoms with van der Waals surface area (Å²) in [5, 5.41) is 0. The number of anilines is 1. The van der Waals surface area contributed by atoms with Gasteiger partial charge in [-0.3, -0.25) is 0 Å². The lowest BCUT2D eigenvalue weighted by Gasteiger charge is -2.27. The van der Waals surface area contributed by atoms with Gasteiger partial charge in [0.05, 0.1) is 5.41 Å². The standard InChI is InChI=1S/C67H109N2.ClHO4/c1-7-9-11-13-15-17-19-21-23-25-27-29-31-33-35-37-42-50-58-68-62-54-48-46-52-60(62)66(3,4)64(68)56-44-40-39-41-45-57-65-67(5,6)61-53-47-49-55-63(61)69(65)59-51-43-38-36-34-32-30-28-26-24-22-20-18-16-14-12-10-8-2;2-1(3,4)5/h39-41,44-49,52-57H,7-38,42-43,50-51,58-59H2,1-6H3;(H,2,3,4,5)/q+1;/p-1. The Morgan fingerprint density at radius 3 is 1.22 bits per heavy atom. The van der Waals surface area contributed by atoms with Crippen molar-refractivity contribution < 1.29 is 33.5 Å². The van der Waals surface area contributed by atoms with Crippen LogP contribution in [0.2, 0.25) is 0 Å². The third-order valence-electron chi connectivity index (χ3n) is 16.0. The second-order valence-electron chi connectivity index (χ2n) is 23.1. The molecule has 4 rings (SSSR count). The number of hydrogen-bond donors (Lipinski definition) is 0. The molecule has 0 saturated heterocycles. The molecule has 0 radical (unpaired) electrons. The molecule has 0 aromatic heterocycles. The van der Waals surface area contributed by atoms with Crippen LogP contribution in [0, 0.1) is 10.2 Å². The molecule has 2 heterocycles. The molecule has 0 fully saturated rings. The van der Waals surface area contributed by atoms with E-state index < -0.39 is 10.2 Å². The van der Waals surface area contributed by atoms with Crippen molar-refractivity contribution in [3.63, 3.8) is 0 Å². The second-order valence-corrected chi connectivity index (χ2v) is 23.8. The molecule has 0 aliphatic carbocycles. The fraction of sp³-hybridized carbons (Fsp3) is 0.687. The fourth-order valence-corrected chi connectivity index (χ4v) is 11.6. The molecule has 7 heteroatoms. The van der Waals surface area contributed by atoms with Crippen molar-refractivity contribution in [1.29, 1.82) is 0 Å². The van der Waals surface area contributed by atoms with Crippen LogP contribution in [0.15, 0.2) is 96.8 Å². The number of hydrogen-bond acceptors (Lipinski definition) is 5. The van der Waals surface area contributed by atoms with Crippen molar-refractivity contribution in [3.8, 4) is 0 Å². The summed E-state index contributed by atoms with van der Waals surface area (Å²) in [6.45, 7) is 16.5. The molecule has 74 heavy (non-hydrogen) atoms. The summed E-state index contributed by atoms with van der Waals surface area (Å²) in [4.78, 5) is 2.63. The molecule has 2 aromatic carbocycles. The Bertz CT molecular complexity index is 1900. The van der Waals surface area contributed by atoms with Gasteiger partial charge in [0, 0.05) is 47.5 Å². The van der Waals surface area contributed by atoms with Crippen molar-refractivity contribution in [2.75, 3.05) is 18.0 Å². The molecule has 2 aliphatic rings. The van der Waals surface area contributed by atoms with E-state index in [1.54, 1.807) is 0 Å². The molecule has 0 N–H and O–H groups in total. The topological polar surface area (TPSA) is 98.5 Å². The fourth-order valence-electron chi connectivity index (χ4n) is 11.6. The van der Waals surface area contributed by atoms with Gasteiger partial charge in [-0.05, 0) is 44.4 Å². The molecule has 2 aromatic rings. The average molecular weight is 1040 g/mol. The van der Waals surface area contributed by atoms with Crippen molar-refractivity contribution in [2.24, 2.45) is 0 Å². The third kappa shape index (κ3) is 26.9. The van der Waals surface area contributed by atoms with Crippen LogP contribution in [0.3, 0.4) is 0 Å². The minimum atomic E-state index is -4.94. The van der Waals surface area contributed by atoms with E-state index in [-0.39, 0.29) is 10.8 Å². The first-order chi connectivity index (χ1) is 35.8. The first-order valence-electron chi connectivity index (χ1n) is 30.8. The van der Waals surface area contributed by atoms with E-state index in [1.165, 1.54) is 265 Å². The van der Waals surface area contributed by atoms with Gasteiger partial charge in [0.25, 0.3) is 0 Å².